The Kier molecular flexibility index (Phi) is 6.31. The molecule has 0 amide bonds. The van der Waals surface area contributed by atoms with Gasteiger partial charge in [0.15, 0.2) is 0 Å². The smallest absolute Gasteiger partial charge is 0.124 e. The Balaban J connectivity index is 1.89. The monoisotopic (exact) mass is 374 g/mol. The molecule has 0 atom stereocenters. The van der Waals surface area contributed by atoms with Gasteiger partial charge in [-0.3, -0.25) is 0 Å². The lowest BCUT2D eigenvalue weighted by Crippen LogP contribution is -1.96. The van der Waals surface area contributed by atoms with Crippen molar-refractivity contribution in [3.63, 3.8) is 0 Å². The minimum absolute atomic E-state index is 0.124. The molecule has 3 aromatic carbocycles. The minimum Gasteiger partial charge on any atom is -0.507 e. The maximum absolute atomic E-state index is 13.3. The van der Waals surface area contributed by atoms with Gasteiger partial charge in [0.05, 0.1) is 19.0 Å². The van der Waals surface area contributed by atoms with Crippen molar-refractivity contribution in [3.8, 4) is 11.5 Å². The zero-order chi connectivity index (χ0) is 19.8. The summed E-state index contributed by atoms with van der Waals surface area (Å²) in [6, 6.07) is 20.4. The summed E-state index contributed by atoms with van der Waals surface area (Å²) in [6.45, 7) is 0. The number of rotatable bonds is 6. The number of phenols is 1. The number of para-hydroxylation sites is 1. The zero-order valence-electron chi connectivity index (χ0n) is 15.3. The lowest BCUT2D eigenvalue weighted by Gasteiger charge is -2.02. The van der Waals surface area contributed by atoms with Crippen LogP contribution in [0.25, 0.3) is 6.08 Å². The third-order valence-corrected chi connectivity index (χ3v) is 3.99. The Labute approximate surface area is 163 Å². The highest BCUT2D eigenvalue weighted by atomic mass is 19.1. The number of methoxy groups -OCH3 is 1. The van der Waals surface area contributed by atoms with E-state index in [2.05, 4.69) is 10.2 Å². The van der Waals surface area contributed by atoms with E-state index in [0.717, 1.165) is 16.9 Å². The first-order chi connectivity index (χ1) is 13.7. The number of hydrogen-bond donors (Lipinski definition) is 1. The van der Waals surface area contributed by atoms with Crippen molar-refractivity contribution in [2.75, 3.05) is 7.11 Å². The fourth-order valence-electron chi connectivity index (χ4n) is 2.45. The van der Waals surface area contributed by atoms with Gasteiger partial charge in [-0.1, -0.05) is 30.3 Å². The molecule has 0 aliphatic heterocycles. The van der Waals surface area contributed by atoms with Crippen molar-refractivity contribution < 1.29 is 14.2 Å². The van der Waals surface area contributed by atoms with Crippen molar-refractivity contribution in [1.82, 2.24) is 0 Å². The summed E-state index contributed by atoms with van der Waals surface area (Å²) in [6.07, 6.45) is 5.16. The number of halogens is 1. The van der Waals surface area contributed by atoms with Crippen LogP contribution in [0.5, 0.6) is 11.5 Å². The fraction of sp³-hybridized carbons (Fsp3) is 0.0435. The topological polar surface area (TPSA) is 54.2 Å². The first kappa shape index (κ1) is 19.0. The summed E-state index contributed by atoms with van der Waals surface area (Å²) in [7, 11) is 1.62. The molecule has 28 heavy (non-hydrogen) atoms. The zero-order valence-corrected chi connectivity index (χ0v) is 15.3. The van der Waals surface area contributed by atoms with Gasteiger partial charge in [-0.2, -0.15) is 10.2 Å². The molecule has 0 heterocycles. The molecule has 140 valence electrons. The summed E-state index contributed by atoms with van der Waals surface area (Å²) >= 11 is 0. The average molecular weight is 374 g/mol. The van der Waals surface area contributed by atoms with Crippen LogP contribution in [0.2, 0.25) is 0 Å². The van der Waals surface area contributed by atoms with Crippen molar-refractivity contribution >= 4 is 18.0 Å². The number of ether oxygens (including phenoxy) is 1. The largest absolute Gasteiger partial charge is 0.507 e. The minimum atomic E-state index is -0.319. The van der Waals surface area contributed by atoms with Gasteiger partial charge in [0, 0.05) is 11.1 Å². The Morgan fingerprint density at radius 3 is 2.36 bits per heavy atom. The molecule has 0 bridgehead atoms. The van der Waals surface area contributed by atoms with Gasteiger partial charge in [-0.25, -0.2) is 4.39 Å². The normalized spacial score (nSPS) is 12.0. The van der Waals surface area contributed by atoms with Gasteiger partial charge in [-0.15, -0.1) is 0 Å². The predicted molar refractivity (Wildman–Crippen MR) is 111 cm³/mol. The van der Waals surface area contributed by atoms with Crippen LogP contribution in [0.15, 0.2) is 89.1 Å². The maximum atomic E-state index is 13.3. The van der Waals surface area contributed by atoms with E-state index in [-0.39, 0.29) is 11.6 Å². The van der Waals surface area contributed by atoms with E-state index < -0.39 is 0 Å². The molecule has 0 aromatic heterocycles. The van der Waals surface area contributed by atoms with Crippen molar-refractivity contribution in [1.29, 1.82) is 0 Å². The van der Waals surface area contributed by atoms with E-state index in [1.165, 1.54) is 18.3 Å². The molecule has 0 saturated carbocycles. The summed E-state index contributed by atoms with van der Waals surface area (Å²) in [4.78, 5) is 0. The van der Waals surface area contributed by atoms with Crippen LogP contribution in [0, 0.1) is 5.82 Å². The SMILES string of the molecule is COc1ccc(C=CC(=N/N=C/c2ccccc2O)c2ccc(F)cc2)cc1. The number of phenolic OH excluding ortho intramolecular Hbond substituents is 1. The first-order valence-electron chi connectivity index (χ1n) is 8.63. The molecule has 0 spiro atoms. The van der Waals surface area contributed by atoms with E-state index in [0.29, 0.717) is 11.3 Å². The molecule has 5 heteroatoms. The number of nitrogens with zero attached hydrogens (tertiary/aromatic N) is 2. The second-order valence-corrected chi connectivity index (χ2v) is 5.90. The Morgan fingerprint density at radius 2 is 1.68 bits per heavy atom. The van der Waals surface area contributed by atoms with Crippen LogP contribution in [0.3, 0.4) is 0 Å². The molecule has 3 rings (SSSR count). The molecule has 3 aromatic rings. The highest BCUT2D eigenvalue weighted by molar-refractivity contribution is 6.10. The molecular formula is C23H19FN2O2. The second-order valence-electron chi connectivity index (χ2n) is 5.90. The fourth-order valence-corrected chi connectivity index (χ4v) is 2.45. The molecule has 4 nitrogen and oxygen atoms in total. The van der Waals surface area contributed by atoms with Crippen LogP contribution in [-0.2, 0) is 0 Å². The Bertz CT molecular complexity index is 1010. The molecule has 0 aliphatic carbocycles. The standard InChI is InChI=1S/C23H19FN2O2/c1-28-21-13-6-17(7-14-21)8-15-22(18-9-11-20(24)12-10-18)26-25-16-19-4-2-3-5-23(19)27/h2-16,27H,1H3/b15-8?,25-16+,26-22?. The quantitative estimate of drug-likeness (QED) is 0.483. The summed E-state index contributed by atoms with van der Waals surface area (Å²) in [5.74, 6) is 0.579. The van der Waals surface area contributed by atoms with E-state index in [1.54, 1.807) is 49.6 Å². The highest BCUT2D eigenvalue weighted by Gasteiger charge is 2.01. The van der Waals surface area contributed by atoms with Crippen molar-refractivity contribution in [2.24, 2.45) is 10.2 Å². The molecular weight excluding hydrogens is 355 g/mol. The molecule has 0 aliphatic rings. The van der Waals surface area contributed by atoms with Gasteiger partial charge in [0.25, 0.3) is 0 Å². The molecule has 1 N–H and O–H groups in total. The highest BCUT2D eigenvalue weighted by Crippen LogP contribution is 2.15. The number of aromatic hydroxyl groups is 1. The lowest BCUT2D eigenvalue weighted by molar-refractivity contribution is 0.415. The van der Waals surface area contributed by atoms with E-state index in [9.17, 15) is 9.50 Å². The summed E-state index contributed by atoms with van der Waals surface area (Å²) < 4.78 is 18.4. The van der Waals surface area contributed by atoms with Crippen molar-refractivity contribution in [2.45, 2.75) is 0 Å². The summed E-state index contributed by atoms with van der Waals surface area (Å²) in [5.41, 5.74) is 2.80. The average Bonchev–Trinajstić information content (AvgIpc) is 2.73. The van der Waals surface area contributed by atoms with Gasteiger partial charge >= 0.3 is 0 Å². The van der Waals surface area contributed by atoms with E-state index in [4.69, 9.17) is 4.74 Å². The summed E-state index contributed by atoms with van der Waals surface area (Å²) in [5, 5.41) is 18.1. The number of benzene rings is 3. The van der Waals surface area contributed by atoms with Gasteiger partial charge in [0.2, 0.25) is 0 Å². The van der Waals surface area contributed by atoms with Crippen LogP contribution >= 0.6 is 0 Å². The molecule has 0 saturated heterocycles. The van der Waals surface area contributed by atoms with Crippen LogP contribution in [0.4, 0.5) is 4.39 Å². The van der Waals surface area contributed by atoms with Crippen molar-refractivity contribution in [3.05, 3.63) is 101 Å². The molecule has 0 unspecified atom stereocenters. The third-order valence-electron chi connectivity index (χ3n) is 3.99. The first-order valence-corrected chi connectivity index (χ1v) is 8.63. The maximum Gasteiger partial charge on any atom is 0.124 e. The Morgan fingerprint density at radius 1 is 0.964 bits per heavy atom. The van der Waals surface area contributed by atoms with Gasteiger partial charge in [0.1, 0.15) is 17.3 Å². The lowest BCUT2D eigenvalue weighted by atomic mass is 10.1. The van der Waals surface area contributed by atoms with Gasteiger partial charge < -0.3 is 9.84 Å². The van der Waals surface area contributed by atoms with Crippen LogP contribution in [-0.4, -0.2) is 24.1 Å². The second kappa shape index (κ2) is 9.28. The third kappa shape index (κ3) is 5.14. The predicted octanol–water partition coefficient (Wildman–Crippen LogP) is 5.08. The van der Waals surface area contributed by atoms with Crippen LogP contribution < -0.4 is 4.74 Å². The number of allylic oxidation sites excluding steroid dienone is 1. The molecule has 0 radical (unpaired) electrons. The van der Waals surface area contributed by atoms with E-state index >= 15 is 0 Å². The molecule has 0 fully saturated rings. The van der Waals surface area contributed by atoms with Gasteiger partial charge in [-0.05, 0) is 60.2 Å². The van der Waals surface area contributed by atoms with Crippen LogP contribution in [0.1, 0.15) is 16.7 Å². The number of hydrogen-bond acceptors (Lipinski definition) is 4. The van der Waals surface area contributed by atoms with E-state index in [1.807, 2.05) is 30.3 Å². The Hall–Kier alpha value is -3.73.